The van der Waals surface area contributed by atoms with Crippen molar-refractivity contribution in [1.29, 1.82) is 0 Å². The van der Waals surface area contributed by atoms with Gasteiger partial charge in [-0.25, -0.2) is 0 Å². The highest BCUT2D eigenvalue weighted by Crippen LogP contribution is 1.83. The van der Waals surface area contributed by atoms with Crippen LogP contribution in [-0.4, -0.2) is 44.0 Å². The Morgan fingerprint density at radius 1 is 1.19 bits per heavy atom. The summed E-state index contributed by atoms with van der Waals surface area (Å²) >= 11 is 0. The predicted octanol–water partition coefficient (Wildman–Crippen LogP) is -1.87. The lowest BCUT2D eigenvalue weighted by molar-refractivity contribution is -0.143. The summed E-state index contributed by atoms with van der Waals surface area (Å²) in [5, 5.41) is 4.76. The van der Waals surface area contributed by atoms with Gasteiger partial charge in [-0.15, -0.1) is 0 Å². The largest absolute Gasteiger partial charge is 0.466 e. The number of nitrogens with two attached hydrogens (primary N) is 1. The van der Waals surface area contributed by atoms with Gasteiger partial charge in [0.25, 0.3) is 0 Å². The number of nitrogens with one attached hydrogen (secondary N) is 2. The van der Waals surface area contributed by atoms with Crippen molar-refractivity contribution < 1.29 is 19.1 Å². The molecule has 0 aromatic heterocycles. The molecule has 0 aromatic rings. The van der Waals surface area contributed by atoms with E-state index in [1.165, 1.54) is 0 Å². The van der Waals surface area contributed by atoms with Gasteiger partial charge in [-0.2, -0.15) is 0 Å². The van der Waals surface area contributed by atoms with Crippen LogP contribution in [0.4, 0.5) is 0 Å². The molecule has 0 unspecified atom stereocenters. The maximum atomic E-state index is 11.1. The predicted molar refractivity (Wildman–Crippen MR) is 56.3 cm³/mol. The van der Waals surface area contributed by atoms with E-state index in [4.69, 9.17) is 5.73 Å². The molecule has 7 heteroatoms. The first-order chi connectivity index (χ1) is 7.60. The molecule has 92 valence electrons. The minimum absolute atomic E-state index is 0.115. The molecule has 0 aromatic carbocycles. The summed E-state index contributed by atoms with van der Waals surface area (Å²) in [6.45, 7) is 1.92. The molecule has 0 spiro atoms. The molecule has 0 atom stereocenters. The van der Waals surface area contributed by atoms with E-state index in [1.54, 1.807) is 6.92 Å². The molecule has 0 bridgehead atoms. The Balaban J connectivity index is 3.51. The molecule has 0 aliphatic rings. The van der Waals surface area contributed by atoms with Crippen molar-refractivity contribution in [2.45, 2.75) is 13.3 Å². The Hall–Kier alpha value is -1.63. The van der Waals surface area contributed by atoms with Crippen molar-refractivity contribution in [1.82, 2.24) is 10.6 Å². The van der Waals surface area contributed by atoms with Crippen molar-refractivity contribution in [3.8, 4) is 0 Å². The van der Waals surface area contributed by atoms with Crippen molar-refractivity contribution in [3.63, 3.8) is 0 Å². The highest BCUT2D eigenvalue weighted by Gasteiger charge is 2.05. The number of carbonyl (C=O) groups is 3. The van der Waals surface area contributed by atoms with Gasteiger partial charge < -0.3 is 21.1 Å². The number of amides is 2. The van der Waals surface area contributed by atoms with Crippen LogP contribution in [0, 0.1) is 0 Å². The van der Waals surface area contributed by atoms with E-state index in [1.807, 2.05) is 0 Å². The van der Waals surface area contributed by atoms with Crippen molar-refractivity contribution in [2.24, 2.45) is 5.73 Å². The molecule has 4 N–H and O–H groups in total. The van der Waals surface area contributed by atoms with Gasteiger partial charge in [0.1, 0.15) is 0 Å². The average Bonchev–Trinajstić information content (AvgIpc) is 2.26. The average molecular weight is 231 g/mol. The van der Waals surface area contributed by atoms with Crippen LogP contribution in [0.2, 0.25) is 0 Å². The van der Waals surface area contributed by atoms with E-state index >= 15 is 0 Å². The Kier molecular flexibility index (Phi) is 7.78. The Morgan fingerprint density at radius 2 is 1.88 bits per heavy atom. The van der Waals surface area contributed by atoms with Gasteiger partial charge in [0, 0.05) is 6.54 Å². The summed E-state index contributed by atoms with van der Waals surface area (Å²) in [4.78, 5) is 32.7. The second-order valence-electron chi connectivity index (χ2n) is 2.89. The molecule has 7 nitrogen and oxygen atoms in total. The van der Waals surface area contributed by atoms with Gasteiger partial charge in [0.05, 0.1) is 26.1 Å². The van der Waals surface area contributed by atoms with Crippen LogP contribution in [0.25, 0.3) is 0 Å². The van der Waals surface area contributed by atoms with E-state index in [2.05, 4.69) is 15.4 Å². The first-order valence-corrected chi connectivity index (χ1v) is 4.99. The fraction of sp³-hybridized carbons (Fsp3) is 0.667. The standard InChI is InChI=1S/C9H17N3O4/c1-2-16-9(15)3-4-11-8(14)6-12-7(13)5-10/h2-6,10H2,1H3,(H,11,14)(H,12,13). The molecule has 0 fully saturated rings. The summed E-state index contributed by atoms with van der Waals surface area (Å²) in [5.74, 6) is -1.14. The molecule has 0 aliphatic heterocycles. The van der Waals surface area contributed by atoms with Crippen LogP contribution >= 0.6 is 0 Å². The molecule has 0 heterocycles. The van der Waals surface area contributed by atoms with Gasteiger partial charge in [-0.05, 0) is 6.92 Å². The minimum Gasteiger partial charge on any atom is -0.466 e. The Bertz CT molecular complexity index is 255. The lowest BCUT2D eigenvalue weighted by atomic mass is 10.4. The molecule has 0 aliphatic carbocycles. The number of carbonyl (C=O) groups excluding carboxylic acids is 3. The van der Waals surface area contributed by atoms with Crippen LogP contribution in [0.1, 0.15) is 13.3 Å². The SMILES string of the molecule is CCOC(=O)CCNC(=O)CNC(=O)CN. The number of rotatable bonds is 7. The lowest BCUT2D eigenvalue weighted by Crippen LogP contribution is -2.40. The molecule has 0 saturated heterocycles. The third kappa shape index (κ3) is 7.74. The van der Waals surface area contributed by atoms with Gasteiger partial charge in [0.2, 0.25) is 11.8 Å². The number of hydrogen-bond donors (Lipinski definition) is 3. The quantitative estimate of drug-likeness (QED) is 0.445. The second kappa shape index (κ2) is 8.66. The Morgan fingerprint density at radius 3 is 2.44 bits per heavy atom. The van der Waals surface area contributed by atoms with Gasteiger partial charge >= 0.3 is 5.97 Å². The first-order valence-electron chi connectivity index (χ1n) is 4.99. The van der Waals surface area contributed by atoms with Crippen LogP contribution in [0.5, 0.6) is 0 Å². The van der Waals surface area contributed by atoms with Crippen molar-refractivity contribution >= 4 is 17.8 Å². The summed E-state index contributed by atoms with van der Waals surface area (Å²) in [7, 11) is 0. The molecule has 2 amide bonds. The maximum Gasteiger partial charge on any atom is 0.307 e. The summed E-state index contributed by atoms with van der Waals surface area (Å²) in [6, 6.07) is 0. The zero-order chi connectivity index (χ0) is 12.4. The van der Waals surface area contributed by atoms with Gasteiger partial charge in [-0.1, -0.05) is 0 Å². The molecular weight excluding hydrogens is 214 g/mol. The highest BCUT2D eigenvalue weighted by atomic mass is 16.5. The van der Waals surface area contributed by atoms with E-state index in [0.29, 0.717) is 6.61 Å². The smallest absolute Gasteiger partial charge is 0.307 e. The van der Waals surface area contributed by atoms with Crippen molar-refractivity contribution in [3.05, 3.63) is 0 Å². The van der Waals surface area contributed by atoms with Crippen molar-refractivity contribution in [2.75, 3.05) is 26.2 Å². The van der Waals surface area contributed by atoms with E-state index in [-0.39, 0.29) is 37.9 Å². The van der Waals surface area contributed by atoms with Crippen LogP contribution in [0.3, 0.4) is 0 Å². The zero-order valence-electron chi connectivity index (χ0n) is 9.25. The molecular formula is C9H17N3O4. The van der Waals surface area contributed by atoms with E-state index < -0.39 is 5.91 Å². The molecule has 16 heavy (non-hydrogen) atoms. The fourth-order valence-corrected chi connectivity index (χ4v) is 0.851. The fourth-order valence-electron chi connectivity index (χ4n) is 0.851. The van der Waals surface area contributed by atoms with Crippen LogP contribution in [-0.2, 0) is 19.1 Å². The van der Waals surface area contributed by atoms with Crippen LogP contribution < -0.4 is 16.4 Å². The normalized spacial score (nSPS) is 9.38. The third-order valence-electron chi connectivity index (χ3n) is 1.59. The first kappa shape index (κ1) is 14.4. The minimum atomic E-state index is -0.402. The number of esters is 1. The number of hydrogen-bond acceptors (Lipinski definition) is 5. The van der Waals surface area contributed by atoms with E-state index in [9.17, 15) is 14.4 Å². The second-order valence-corrected chi connectivity index (χ2v) is 2.89. The maximum absolute atomic E-state index is 11.1. The van der Waals surface area contributed by atoms with Gasteiger partial charge in [-0.3, -0.25) is 14.4 Å². The van der Waals surface area contributed by atoms with E-state index in [0.717, 1.165) is 0 Å². The summed E-state index contributed by atoms with van der Waals surface area (Å²) in [5.41, 5.74) is 5.03. The topological polar surface area (TPSA) is 111 Å². The van der Waals surface area contributed by atoms with Crippen LogP contribution in [0.15, 0.2) is 0 Å². The summed E-state index contributed by atoms with van der Waals surface area (Å²) < 4.78 is 4.66. The molecule has 0 rings (SSSR count). The number of ether oxygens (including phenoxy) is 1. The monoisotopic (exact) mass is 231 g/mol. The van der Waals surface area contributed by atoms with Gasteiger partial charge in [0.15, 0.2) is 0 Å². The zero-order valence-corrected chi connectivity index (χ0v) is 9.25. The lowest BCUT2D eigenvalue weighted by Gasteiger charge is -2.05. The Labute approximate surface area is 93.7 Å². The molecule has 0 radical (unpaired) electrons. The third-order valence-corrected chi connectivity index (χ3v) is 1.59. The summed E-state index contributed by atoms with van der Waals surface area (Å²) in [6.07, 6.45) is 0.115. The highest BCUT2D eigenvalue weighted by molar-refractivity contribution is 5.85. The molecule has 0 saturated carbocycles.